The lowest BCUT2D eigenvalue weighted by atomic mass is 10.1. The molecule has 1 saturated heterocycles. The number of fused-ring (bicyclic) bond motifs is 1. The third-order valence-electron chi connectivity index (χ3n) is 6.74. The number of nitrogens with zero attached hydrogens (tertiary/aromatic N) is 4. The summed E-state index contributed by atoms with van der Waals surface area (Å²) in [7, 11) is 1.64. The van der Waals surface area contributed by atoms with Crippen molar-refractivity contribution in [3.05, 3.63) is 83.0 Å². The molecule has 2 aromatic heterocycles. The number of aliphatic imine (C=N–C) groups is 1. The van der Waals surface area contributed by atoms with Gasteiger partial charge in [0.05, 0.1) is 30.7 Å². The Balaban J connectivity index is 1.20. The van der Waals surface area contributed by atoms with Gasteiger partial charge in [-0.15, -0.1) is 11.3 Å². The average Bonchev–Trinajstić information content (AvgIpc) is 3.67. The molecular formula is C28H28N6O2S. The van der Waals surface area contributed by atoms with Crippen LogP contribution in [0.5, 0.6) is 5.75 Å². The number of ether oxygens (including phenoxy) is 1. The summed E-state index contributed by atoms with van der Waals surface area (Å²) in [6.07, 6.45) is 3.93. The smallest absolute Gasteiger partial charge is 0.253 e. The molecule has 0 bridgehead atoms. The molecule has 0 unspecified atom stereocenters. The summed E-state index contributed by atoms with van der Waals surface area (Å²) >= 11 is 1.65. The van der Waals surface area contributed by atoms with Crippen LogP contribution in [0.3, 0.4) is 0 Å². The number of carbonyl (C=O) groups excluding carboxylic acids is 1. The van der Waals surface area contributed by atoms with Crippen molar-refractivity contribution < 1.29 is 9.53 Å². The van der Waals surface area contributed by atoms with E-state index in [4.69, 9.17) is 9.72 Å². The lowest BCUT2D eigenvalue weighted by molar-refractivity contribution is -0.112. The minimum Gasteiger partial charge on any atom is -0.497 e. The normalized spacial score (nSPS) is 16.0. The number of hydrogen-bond donors (Lipinski definition) is 2. The molecular weight excluding hydrogens is 484 g/mol. The fourth-order valence-corrected chi connectivity index (χ4v) is 5.55. The first-order valence-electron chi connectivity index (χ1n) is 12.4. The molecule has 2 aliphatic rings. The monoisotopic (exact) mass is 512 g/mol. The lowest BCUT2D eigenvalue weighted by Gasteiger charge is -2.26. The third kappa shape index (κ3) is 4.93. The molecule has 2 aliphatic heterocycles. The summed E-state index contributed by atoms with van der Waals surface area (Å²) in [6.45, 7) is 5.41. The van der Waals surface area contributed by atoms with Gasteiger partial charge in [0.15, 0.2) is 4.96 Å². The van der Waals surface area contributed by atoms with Crippen molar-refractivity contribution in [3.8, 4) is 17.0 Å². The van der Waals surface area contributed by atoms with Gasteiger partial charge in [-0.2, -0.15) is 0 Å². The van der Waals surface area contributed by atoms with Crippen LogP contribution < -0.4 is 15.4 Å². The Morgan fingerprint density at radius 2 is 1.95 bits per heavy atom. The molecule has 0 aliphatic carbocycles. The molecule has 9 heteroatoms. The van der Waals surface area contributed by atoms with Crippen LogP contribution in [0.4, 0.5) is 5.69 Å². The molecule has 6 rings (SSSR count). The summed E-state index contributed by atoms with van der Waals surface area (Å²) < 4.78 is 7.41. The fraction of sp³-hybridized carbons (Fsp3) is 0.250. The minimum atomic E-state index is -0.153. The molecule has 2 aromatic carbocycles. The number of rotatable bonds is 7. The standard InChI is InChI=1S/C28H28N6O2S/c1-36-22-8-6-19(7-9-22)25-14-20(15-30-25)27(35)31-24-5-3-2-4-23(24)26-17-34-21(18-37-28(34)32-26)16-33-12-10-29-11-13-33/h2-9,14,17-18,29H,10-13,15-16H2,1H3,(H,31,35). The van der Waals surface area contributed by atoms with Gasteiger partial charge in [-0.1, -0.05) is 18.2 Å². The van der Waals surface area contributed by atoms with E-state index in [2.05, 4.69) is 36.5 Å². The van der Waals surface area contributed by atoms with Crippen molar-refractivity contribution in [1.82, 2.24) is 19.6 Å². The van der Waals surface area contributed by atoms with E-state index in [-0.39, 0.29) is 5.91 Å². The number of imidazole rings is 1. The first-order valence-corrected chi connectivity index (χ1v) is 13.2. The maximum Gasteiger partial charge on any atom is 0.253 e. The number of carbonyl (C=O) groups is 1. The molecule has 4 aromatic rings. The van der Waals surface area contributed by atoms with Gasteiger partial charge in [-0.25, -0.2) is 4.98 Å². The number of piperazine rings is 1. The first-order chi connectivity index (χ1) is 18.2. The topological polar surface area (TPSA) is 83.3 Å². The maximum atomic E-state index is 13.2. The molecule has 37 heavy (non-hydrogen) atoms. The zero-order valence-corrected chi connectivity index (χ0v) is 21.4. The van der Waals surface area contributed by atoms with E-state index in [1.165, 1.54) is 5.69 Å². The van der Waals surface area contributed by atoms with E-state index in [1.54, 1.807) is 18.4 Å². The average molecular weight is 513 g/mol. The van der Waals surface area contributed by atoms with Gasteiger partial charge in [0, 0.05) is 61.1 Å². The second kappa shape index (κ2) is 10.3. The van der Waals surface area contributed by atoms with E-state index in [9.17, 15) is 4.79 Å². The van der Waals surface area contributed by atoms with Crippen molar-refractivity contribution in [2.45, 2.75) is 6.54 Å². The number of anilines is 1. The first kappa shape index (κ1) is 23.6. The lowest BCUT2D eigenvalue weighted by Crippen LogP contribution is -2.43. The molecule has 188 valence electrons. The van der Waals surface area contributed by atoms with Gasteiger partial charge in [0.25, 0.3) is 5.91 Å². The zero-order chi connectivity index (χ0) is 25.2. The molecule has 0 radical (unpaired) electrons. The number of para-hydroxylation sites is 1. The van der Waals surface area contributed by atoms with Gasteiger partial charge in [0.2, 0.25) is 0 Å². The van der Waals surface area contributed by atoms with Gasteiger partial charge in [-0.05, 0) is 42.0 Å². The van der Waals surface area contributed by atoms with E-state index in [0.717, 1.165) is 71.7 Å². The second-order valence-corrected chi connectivity index (χ2v) is 9.97. The molecule has 8 nitrogen and oxygen atoms in total. The molecule has 0 saturated carbocycles. The minimum absolute atomic E-state index is 0.153. The molecule has 1 amide bonds. The Kier molecular flexibility index (Phi) is 6.57. The summed E-state index contributed by atoms with van der Waals surface area (Å²) in [5.41, 5.74) is 6.10. The van der Waals surface area contributed by atoms with E-state index < -0.39 is 0 Å². The van der Waals surface area contributed by atoms with Gasteiger partial charge in [0.1, 0.15) is 5.75 Å². The van der Waals surface area contributed by atoms with E-state index in [1.807, 2.05) is 54.6 Å². The van der Waals surface area contributed by atoms with Crippen LogP contribution in [0, 0.1) is 0 Å². The van der Waals surface area contributed by atoms with Crippen LogP contribution in [0.1, 0.15) is 11.3 Å². The Labute approximate surface area is 219 Å². The second-order valence-electron chi connectivity index (χ2n) is 9.13. The molecule has 2 N–H and O–H groups in total. The van der Waals surface area contributed by atoms with Gasteiger partial charge in [-0.3, -0.25) is 19.1 Å². The zero-order valence-electron chi connectivity index (χ0n) is 20.6. The van der Waals surface area contributed by atoms with Crippen LogP contribution >= 0.6 is 11.3 Å². The number of allylic oxidation sites excluding steroid dienone is 1. The molecule has 1 fully saturated rings. The largest absolute Gasteiger partial charge is 0.497 e. The maximum absolute atomic E-state index is 13.2. The summed E-state index contributed by atoms with van der Waals surface area (Å²) in [5.74, 6) is 0.635. The highest BCUT2D eigenvalue weighted by Crippen LogP contribution is 2.30. The predicted molar refractivity (Wildman–Crippen MR) is 148 cm³/mol. The number of hydrogen-bond acceptors (Lipinski definition) is 7. The SMILES string of the molecule is COc1ccc(C2=NCC(C(=O)Nc3ccccc3-c3cn4c(CN5CCNCC5)csc4n3)=C2)cc1. The third-order valence-corrected chi connectivity index (χ3v) is 7.63. The number of benzene rings is 2. The predicted octanol–water partition coefficient (Wildman–Crippen LogP) is 3.84. The number of amides is 1. The van der Waals surface area contributed by atoms with Gasteiger partial charge >= 0.3 is 0 Å². The van der Waals surface area contributed by atoms with Crippen LogP contribution in [0.25, 0.3) is 16.2 Å². The Morgan fingerprint density at radius 1 is 1.14 bits per heavy atom. The number of aromatic nitrogens is 2. The molecule has 0 spiro atoms. The van der Waals surface area contributed by atoms with Crippen molar-refractivity contribution in [3.63, 3.8) is 0 Å². The Bertz CT molecular complexity index is 1490. The van der Waals surface area contributed by atoms with Crippen LogP contribution in [-0.2, 0) is 11.3 Å². The summed E-state index contributed by atoms with van der Waals surface area (Å²) in [6, 6.07) is 15.5. The number of methoxy groups -OCH3 is 1. The van der Waals surface area contributed by atoms with E-state index >= 15 is 0 Å². The Morgan fingerprint density at radius 3 is 2.76 bits per heavy atom. The van der Waals surface area contributed by atoms with Crippen molar-refractivity contribution in [2.24, 2.45) is 4.99 Å². The van der Waals surface area contributed by atoms with Crippen LogP contribution in [-0.4, -0.2) is 65.7 Å². The fourth-order valence-electron chi connectivity index (χ4n) is 4.69. The highest BCUT2D eigenvalue weighted by molar-refractivity contribution is 7.15. The number of thiazole rings is 1. The van der Waals surface area contributed by atoms with Crippen molar-refractivity contribution in [2.75, 3.05) is 45.2 Å². The number of nitrogens with one attached hydrogen (secondary N) is 2. The van der Waals surface area contributed by atoms with Crippen molar-refractivity contribution >= 4 is 33.6 Å². The van der Waals surface area contributed by atoms with Crippen molar-refractivity contribution in [1.29, 1.82) is 0 Å². The summed E-state index contributed by atoms with van der Waals surface area (Å²) in [4.78, 5) is 26.0. The van der Waals surface area contributed by atoms with Crippen LogP contribution in [0.15, 0.2) is 76.7 Å². The summed E-state index contributed by atoms with van der Waals surface area (Å²) in [5, 5.41) is 8.69. The van der Waals surface area contributed by atoms with Gasteiger partial charge < -0.3 is 15.4 Å². The highest BCUT2D eigenvalue weighted by atomic mass is 32.1. The highest BCUT2D eigenvalue weighted by Gasteiger charge is 2.20. The van der Waals surface area contributed by atoms with E-state index in [0.29, 0.717) is 12.1 Å². The molecule has 0 atom stereocenters. The molecule has 4 heterocycles. The van der Waals surface area contributed by atoms with Crippen LogP contribution in [0.2, 0.25) is 0 Å². The quantitative estimate of drug-likeness (QED) is 0.393. The Hall–Kier alpha value is -3.79.